The second kappa shape index (κ2) is 4.63. The Balaban J connectivity index is 3.89. The monoisotopic (exact) mass is 161 g/mol. The fourth-order valence-electron chi connectivity index (χ4n) is 0.800. The van der Waals surface area contributed by atoms with E-state index in [0.717, 1.165) is 13.1 Å². The van der Waals surface area contributed by atoms with E-state index in [1.807, 2.05) is 18.7 Å². The van der Waals surface area contributed by atoms with E-state index in [1.54, 1.807) is 6.92 Å². The van der Waals surface area contributed by atoms with E-state index in [0.29, 0.717) is 4.99 Å². The summed E-state index contributed by atoms with van der Waals surface area (Å²) in [4.78, 5) is 2.62. The minimum absolute atomic E-state index is 0.491. The Kier molecular flexibility index (Phi) is 4.56. The molecule has 0 aliphatic heterocycles. The van der Waals surface area contributed by atoms with Crippen molar-refractivity contribution in [3.8, 4) is 0 Å². The van der Waals surface area contributed by atoms with Crippen LogP contribution in [0.15, 0.2) is 0 Å². The lowest BCUT2D eigenvalue weighted by molar-refractivity contribution is 0.244. The molecule has 0 bridgehead atoms. The van der Waals surface area contributed by atoms with Crippen LogP contribution in [0.2, 0.25) is 0 Å². The molecule has 1 N–H and O–H groups in total. The molecule has 10 heavy (non-hydrogen) atoms. The van der Waals surface area contributed by atoms with Gasteiger partial charge < -0.3 is 10.0 Å². The lowest BCUT2D eigenvalue weighted by Gasteiger charge is -2.23. The van der Waals surface area contributed by atoms with Crippen LogP contribution in [0.1, 0.15) is 20.8 Å². The first-order valence-electron chi connectivity index (χ1n) is 3.60. The maximum absolute atomic E-state index is 9.07. The molecule has 0 aromatic carbocycles. The van der Waals surface area contributed by atoms with Gasteiger partial charge in [-0.15, -0.1) is 0 Å². The Morgan fingerprint density at radius 2 is 1.90 bits per heavy atom. The molecule has 0 fully saturated rings. The predicted octanol–water partition coefficient (Wildman–Crippen LogP) is 1.04. The van der Waals surface area contributed by atoms with Crippen LogP contribution in [0.3, 0.4) is 0 Å². The fraction of sp³-hybridized carbons (Fsp3) is 0.857. The molecule has 0 saturated carbocycles. The average molecular weight is 161 g/mol. The second-order valence-corrected chi connectivity index (χ2v) is 2.60. The van der Waals surface area contributed by atoms with E-state index in [-0.39, 0.29) is 0 Å². The summed E-state index contributed by atoms with van der Waals surface area (Å²) < 4.78 is 0. The van der Waals surface area contributed by atoms with Crippen LogP contribution < -0.4 is 0 Å². The van der Waals surface area contributed by atoms with Crippen LogP contribution in [0, 0.1) is 0 Å². The molecule has 1 atom stereocenters. The molecule has 3 heteroatoms. The maximum atomic E-state index is 9.07. The van der Waals surface area contributed by atoms with Crippen LogP contribution in [-0.4, -0.2) is 34.2 Å². The highest BCUT2D eigenvalue weighted by Crippen LogP contribution is 1.96. The Morgan fingerprint density at radius 1 is 1.50 bits per heavy atom. The number of aliphatic hydroxyl groups is 1. The van der Waals surface area contributed by atoms with Gasteiger partial charge in [0, 0.05) is 13.1 Å². The molecular formula is C7H15NOS. The minimum Gasteiger partial charge on any atom is -0.386 e. The zero-order valence-electron chi connectivity index (χ0n) is 6.79. The summed E-state index contributed by atoms with van der Waals surface area (Å²) in [7, 11) is 0. The molecule has 0 aliphatic rings. The SMILES string of the molecule is CCN(CC)C(=S)C(C)O. The summed E-state index contributed by atoms with van der Waals surface area (Å²) >= 11 is 4.97. The number of hydrogen-bond acceptors (Lipinski definition) is 2. The number of aliphatic hydroxyl groups excluding tert-OH is 1. The molecule has 0 saturated heterocycles. The highest BCUT2D eigenvalue weighted by atomic mass is 32.1. The normalized spacial score (nSPS) is 12.8. The van der Waals surface area contributed by atoms with E-state index >= 15 is 0 Å². The maximum Gasteiger partial charge on any atom is 0.107 e. The van der Waals surface area contributed by atoms with Crippen LogP contribution in [0.4, 0.5) is 0 Å². The van der Waals surface area contributed by atoms with Gasteiger partial charge in [-0.3, -0.25) is 0 Å². The first-order chi connectivity index (χ1) is 4.63. The number of likely N-dealkylation sites (N-methyl/N-ethyl adjacent to an activating group) is 1. The third-order valence-corrected chi connectivity index (χ3v) is 2.03. The molecule has 0 amide bonds. The second-order valence-electron chi connectivity index (χ2n) is 2.19. The van der Waals surface area contributed by atoms with E-state index in [2.05, 4.69) is 0 Å². The average Bonchev–Trinajstić information content (AvgIpc) is 1.90. The number of hydrogen-bond donors (Lipinski definition) is 1. The van der Waals surface area contributed by atoms with Gasteiger partial charge in [-0.1, -0.05) is 12.2 Å². The molecule has 0 aromatic heterocycles. The minimum atomic E-state index is -0.491. The van der Waals surface area contributed by atoms with Gasteiger partial charge >= 0.3 is 0 Å². The molecule has 0 spiro atoms. The van der Waals surface area contributed by atoms with Gasteiger partial charge in [0.05, 0.1) is 0 Å². The predicted molar refractivity (Wildman–Crippen MR) is 47.2 cm³/mol. The summed E-state index contributed by atoms with van der Waals surface area (Å²) in [6.07, 6.45) is -0.491. The van der Waals surface area contributed by atoms with Gasteiger partial charge in [0.25, 0.3) is 0 Å². The van der Waals surface area contributed by atoms with E-state index < -0.39 is 6.10 Å². The number of nitrogens with zero attached hydrogens (tertiary/aromatic N) is 1. The smallest absolute Gasteiger partial charge is 0.107 e. The van der Waals surface area contributed by atoms with Crippen molar-refractivity contribution in [2.75, 3.05) is 13.1 Å². The highest BCUT2D eigenvalue weighted by Gasteiger charge is 2.09. The van der Waals surface area contributed by atoms with E-state index in [1.165, 1.54) is 0 Å². The van der Waals surface area contributed by atoms with Crippen molar-refractivity contribution in [1.29, 1.82) is 0 Å². The van der Waals surface area contributed by atoms with Crippen LogP contribution in [-0.2, 0) is 0 Å². The fourth-order valence-corrected chi connectivity index (χ4v) is 1.06. The number of rotatable bonds is 3. The van der Waals surface area contributed by atoms with Crippen molar-refractivity contribution in [1.82, 2.24) is 4.90 Å². The van der Waals surface area contributed by atoms with Crippen molar-refractivity contribution in [2.24, 2.45) is 0 Å². The van der Waals surface area contributed by atoms with Crippen molar-refractivity contribution in [3.63, 3.8) is 0 Å². The topological polar surface area (TPSA) is 23.5 Å². The Morgan fingerprint density at radius 3 is 2.00 bits per heavy atom. The first kappa shape index (κ1) is 9.85. The van der Waals surface area contributed by atoms with Crippen molar-refractivity contribution < 1.29 is 5.11 Å². The Hall–Kier alpha value is -0.150. The molecule has 0 rings (SSSR count). The summed E-state index contributed by atoms with van der Waals surface area (Å²) in [6.45, 7) is 7.50. The largest absolute Gasteiger partial charge is 0.386 e. The van der Waals surface area contributed by atoms with E-state index in [9.17, 15) is 0 Å². The van der Waals surface area contributed by atoms with Gasteiger partial charge in [-0.25, -0.2) is 0 Å². The third kappa shape index (κ3) is 2.62. The Labute approximate surface area is 67.8 Å². The molecular weight excluding hydrogens is 146 g/mol. The highest BCUT2D eigenvalue weighted by molar-refractivity contribution is 7.80. The molecule has 0 heterocycles. The van der Waals surface area contributed by atoms with Crippen LogP contribution in [0.5, 0.6) is 0 Å². The zero-order valence-corrected chi connectivity index (χ0v) is 7.61. The van der Waals surface area contributed by atoms with Gasteiger partial charge in [-0.05, 0) is 20.8 Å². The van der Waals surface area contributed by atoms with Crippen molar-refractivity contribution in [2.45, 2.75) is 26.9 Å². The van der Waals surface area contributed by atoms with Crippen LogP contribution in [0.25, 0.3) is 0 Å². The van der Waals surface area contributed by atoms with Gasteiger partial charge in [0.2, 0.25) is 0 Å². The van der Waals surface area contributed by atoms with Crippen molar-refractivity contribution >= 4 is 17.2 Å². The summed E-state index contributed by atoms with van der Waals surface area (Å²) in [5, 5.41) is 9.07. The van der Waals surface area contributed by atoms with Gasteiger partial charge in [0.1, 0.15) is 11.1 Å². The molecule has 0 radical (unpaired) electrons. The third-order valence-electron chi connectivity index (χ3n) is 1.43. The first-order valence-corrected chi connectivity index (χ1v) is 4.01. The standard InChI is InChI=1S/C7H15NOS/c1-4-8(5-2)7(10)6(3)9/h6,9H,4-5H2,1-3H3. The molecule has 2 nitrogen and oxygen atoms in total. The Bertz CT molecular complexity index is 110. The summed E-state index contributed by atoms with van der Waals surface area (Å²) in [5.74, 6) is 0. The number of thiocarbonyl (C=S) groups is 1. The van der Waals surface area contributed by atoms with Gasteiger partial charge in [-0.2, -0.15) is 0 Å². The zero-order chi connectivity index (χ0) is 8.15. The lowest BCUT2D eigenvalue weighted by atomic mass is 10.3. The van der Waals surface area contributed by atoms with Gasteiger partial charge in [0.15, 0.2) is 0 Å². The lowest BCUT2D eigenvalue weighted by Crippen LogP contribution is -2.35. The molecule has 0 aromatic rings. The molecule has 0 aliphatic carbocycles. The summed E-state index contributed by atoms with van der Waals surface area (Å²) in [6, 6.07) is 0. The summed E-state index contributed by atoms with van der Waals surface area (Å²) in [5.41, 5.74) is 0. The van der Waals surface area contributed by atoms with Crippen molar-refractivity contribution in [3.05, 3.63) is 0 Å². The molecule has 1 unspecified atom stereocenters. The van der Waals surface area contributed by atoms with E-state index in [4.69, 9.17) is 17.3 Å². The quantitative estimate of drug-likeness (QED) is 0.626. The van der Waals surface area contributed by atoms with Crippen LogP contribution >= 0.6 is 12.2 Å². The molecule has 60 valence electrons.